The normalized spacial score (nSPS) is 18.7. The number of carbonyl (C=O) groups is 3. The lowest BCUT2D eigenvalue weighted by Gasteiger charge is -2.25. The highest BCUT2D eigenvalue weighted by Gasteiger charge is 2.42. The number of hydrogen-bond donors (Lipinski definition) is 2. The van der Waals surface area contributed by atoms with E-state index in [1.54, 1.807) is 18.2 Å². The number of halogens is 1. The summed E-state index contributed by atoms with van der Waals surface area (Å²) in [6.07, 6.45) is 5.33. The van der Waals surface area contributed by atoms with E-state index in [4.69, 9.17) is 16.3 Å². The first-order valence-electron chi connectivity index (χ1n) is 12.6. The molecule has 0 bridgehead atoms. The molecule has 0 spiro atoms. The number of para-hydroxylation sites is 1. The number of amidine groups is 2. The van der Waals surface area contributed by atoms with E-state index < -0.39 is 6.04 Å². The van der Waals surface area contributed by atoms with Gasteiger partial charge in [0.05, 0.1) is 30.0 Å². The van der Waals surface area contributed by atoms with Crippen molar-refractivity contribution in [3.63, 3.8) is 0 Å². The zero-order chi connectivity index (χ0) is 26.6. The molecular weight excluding hydrogens is 526 g/mol. The highest BCUT2D eigenvalue weighted by Crippen LogP contribution is 2.34. The fraction of sp³-hybridized carbons (Fsp3) is 0.370. The lowest BCUT2D eigenvalue weighted by molar-refractivity contribution is -0.129. The monoisotopic (exact) mass is 553 g/mol. The van der Waals surface area contributed by atoms with Gasteiger partial charge in [0, 0.05) is 17.3 Å². The minimum absolute atomic E-state index is 0.00847. The Morgan fingerprint density at radius 3 is 2.68 bits per heavy atom. The first kappa shape index (κ1) is 26.2. The zero-order valence-corrected chi connectivity index (χ0v) is 22.5. The number of benzene rings is 2. The van der Waals surface area contributed by atoms with Crippen LogP contribution in [0.2, 0.25) is 5.02 Å². The number of methoxy groups -OCH3 is 1. The Morgan fingerprint density at radius 2 is 1.92 bits per heavy atom. The molecule has 0 saturated heterocycles. The number of ether oxygens (including phenoxy) is 1. The summed E-state index contributed by atoms with van der Waals surface area (Å²) >= 11 is 7.29. The van der Waals surface area contributed by atoms with Gasteiger partial charge in [0.2, 0.25) is 11.8 Å². The molecule has 1 atom stereocenters. The number of fused-ring (bicyclic) bond motifs is 3. The van der Waals surface area contributed by atoms with Gasteiger partial charge in [-0.1, -0.05) is 54.8 Å². The number of amides is 3. The second-order valence-electron chi connectivity index (χ2n) is 9.35. The van der Waals surface area contributed by atoms with Gasteiger partial charge >= 0.3 is 0 Å². The van der Waals surface area contributed by atoms with Gasteiger partial charge in [0.15, 0.2) is 5.17 Å². The quantitative estimate of drug-likeness (QED) is 0.523. The number of hydrogen-bond acceptors (Lipinski definition) is 7. The van der Waals surface area contributed by atoms with E-state index in [0.717, 1.165) is 43.0 Å². The Labute approximate surface area is 230 Å². The summed E-state index contributed by atoms with van der Waals surface area (Å²) in [6.45, 7) is 0. The predicted molar refractivity (Wildman–Crippen MR) is 149 cm³/mol. The lowest BCUT2D eigenvalue weighted by atomic mass is 9.95. The summed E-state index contributed by atoms with van der Waals surface area (Å²) in [7, 11) is 1.52. The molecule has 2 aromatic rings. The van der Waals surface area contributed by atoms with Gasteiger partial charge in [-0.2, -0.15) is 0 Å². The van der Waals surface area contributed by atoms with E-state index in [-0.39, 0.29) is 35.9 Å². The molecule has 5 rings (SSSR count). The van der Waals surface area contributed by atoms with Crippen molar-refractivity contribution < 1.29 is 19.1 Å². The molecule has 2 aromatic carbocycles. The van der Waals surface area contributed by atoms with Gasteiger partial charge in [0.25, 0.3) is 5.91 Å². The molecule has 198 valence electrons. The molecule has 3 amide bonds. The SMILES string of the molecule is COc1ccc(NC(=O)CSC2=Nc3ccccc3C3=NC(CC(=O)NC4CCCCC4)C(=O)N23)cc1Cl. The third kappa shape index (κ3) is 5.71. The fourth-order valence-electron chi connectivity index (χ4n) is 4.81. The molecule has 2 aliphatic heterocycles. The van der Waals surface area contributed by atoms with E-state index in [1.807, 2.05) is 24.3 Å². The van der Waals surface area contributed by atoms with Crippen molar-refractivity contribution in [2.24, 2.45) is 9.98 Å². The summed E-state index contributed by atoms with van der Waals surface area (Å²) in [5.74, 6) is 0.204. The van der Waals surface area contributed by atoms with E-state index >= 15 is 0 Å². The molecular formula is C27H28ClN5O4S. The third-order valence-corrected chi connectivity index (χ3v) is 7.90. The number of rotatable bonds is 7. The number of nitrogens with one attached hydrogen (secondary N) is 2. The maximum Gasteiger partial charge on any atom is 0.259 e. The van der Waals surface area contributed by atoms with Crippen LogP contribution in [0, 0.1) is 0 Å². The highest BCUT2D eigenvalue weighted by molar-refractivity contribution is 8.14. The van der Waals surface area contributed by atoms with Gasteiger partial charge < -0.3 is 15.4 Å². The van der Waals surface area contributed by atoms with Crippen molar-refractivity contribution >= 4 is 63.5 Å². The smallest absolute Gasteiger partial charge is 0.259 e. The van der Waals surface area contributed by atoms with Crippen LogP contribution in [0.3, 0.4) is 0 Å². The lowest BCUT2D eigenvalue weighted by Crippen LogP contribution is -2.43. The van der Waals surface area contributed by atoms with Gasteiger partial charge in [-0.15, -0.1) is 0 Å². The molecule has 9 nitrogen and oxygen atoms in total. The predicted octanol–water partition coefficient (Wildman–Crippen LogP) is 4.52. The average Bonchev–Trinajstić information content (AvgIpc) is 3.24. The maximum absolute atomic E-state index is 13.4. The van der Waals surface area contributed by atoms with Crippen LogP contribution in [0.25, 0.3) is 0 Å². The van der Waals surface area contributed by atoms with Crippen LogP contribution < -0.4 is 15.4 Å². The molecule has 11 heteroatoms. The van der Waals surface area contributed by atoms with Crippen LogP contribution in [0.15, 0.2) is 52.4 Å². The van der Waals surface area contributed by atoms with Crippen molar-refractivity contribution in [1.29, 1.82) is 0 Å². The third-order valence-electron chi connectivity index (χ3n) is 6.66. The second-order valence-corrected chi connectivity index (χ2v) is 10.7. The summed E-state index contributed by atoms with van der Waals surface area (Å²) in [4.78, 5) is 49.6. The Hall–Kier alpha value is -3.37. The van der Waals surface area contributed by atoms with Gasteiger partial charge in [-0.25, -0.2) is 9.89 Å². The van der Waals surface area contributed by atoms with Crippen LogP contribution in [0.1, 0.15) is 44.1 Å². The van der Waals surface area contributed by atoms with E-state index in [1.165, 1.54) is 18.4 Å². The van der Waals surface area contributed by atoms with Gasteiger partial charge in [-0.3, -0.25) is 19.4 Å². The molecule has 0 aromatic heterocycles. The van der Waals surface area contributed by atoms with E-state index in [9.17, 15) is 14.4 Å². The minimum Gasteiger partial charge on any atom is -0.495 e. The number of nitrogens with zero attached hydrogens (tertiary/aromatic N) is 3. The molecule has 38 heavy (non-hydrogen) atoms. The van der Waals surface area contributed by atoms with Crippen molar-refractivity contribution in [1.82, 2.24) is 10.2 Å². The van der Waals surface area contributed by atoms with Crippen LogP contribution in [-0.2, 0) is 14.4 Å². The second kappa shape index (κ2) is 11.6. The Balaban J connectivity index is 1.28. The van der Waals surface area contributed by atoms with E-state index in [0.29, 0.717) is 33.2 Å². The van der Waals surface area contributed by atoms with Crippen molar-refractivity contribution in [2.75, 3.05) is 18.2 Å². The van der Waals surface area contributed by atoms with Crippen molar-refractivity contribution in [3.8, 4) is 5.75 Å². The molecule has 1 unspecified atom stereocenters. The fourth-order valence-corrected chi connectivity index (χ4v) is 5.87. The van der Waals surface area contributed by atoms with Crippen LogP contribution >= 0.6 is 23.4 Å². The summed E-state index contributed by atoms with van der Waals surface area (Å²) in [6, 6.07) is 11.7. The van der Waals surface area contributed by atoms with Crippen LogP contribution in [-0.4, -0.2) is 58.6 Å². The highest BCUT2D eigenvalue weighted by atomic mass is 35.5. The zero-order valence-electron chi connectivity index (χ0n) is 20.9. The number of thioether (sulfide) groups is 1. The number of anilines is 1. The largest absolute Gasteiger partial charge is 0.495 e. The molecule has 2 N–H and O–H groups in total. The Bertz CT molecular complexity index is 1320. The molecule has 1 saturated carbocycles. The molecule has 1 aliphatic carbocycles. The molecule has 0 radical (unpaired) electrons. The first-order chi connectivity index (χ1) is 18.4. The number of aliphatic imine (C=N–C) groups is 2. The van der Waals surface area contributed by atoms with Gasteiger partial charge in [-0.05, 0) is 43.2 Å². The maximum atomic E-state index is 13.4. The molecule has 2 heterocycles. The molecule has 3 aliphatic rings. The Kier molecular flexibility index (Phi) is 7.99. The topological polar surface area (TPSA) is 112 Å². The summed E-state index contributed by atoms with van der Waals surface area (Å²) < 4.78 is 5.14. The van der Waals surface area contributed by atoms with E-state index in [2.05, 4.69) is 20.6 Å². The van der Waals surface area contributed by atoms with Crippen molar-refractivity contribution in [3.05, 3.63) is 53.1 Å². The first-order valence-corrected chi connectivity index (χ1v) is 13.9. The number of carbonyl (C=O) groups excluding carboxylic acids is 3. The average molecular weight is 554 g/mol. The van der Waals surface area contributed by atoms with Crippen molar-refractivity contribution in [2.45, 2.75) is 50.6 Å². The summed E-state index contributed by atoms with van der Waals surface area (Å²) in [5.41, 5.74) is 1.91. The Morgan fingerprint density at radius 1 is 1.13 bits per heavy atom. The van der Waals surface area contributed by atoms with Gasteiger partial charge in [0.1, 0.15) is 17.6 Å². The van der Waals surface area contributed by atoms with Crippen LogP contribution in [0.5, 0.6) is 5.75 Å². The molecule has 1 fully saturated rings. The minimum atomic E-state index is -0.833. The summed E-state index contributed by atoms with van der Waals surface area (Å²) in [5, 5.41) is 6.60. The standard InChI is InChI=1S/C27H28ClN5O4S/c1-37-22-12-11-17(13-19(22)28)30-24(35)15-38-27-32-20-10-6-5-9-18(20)25-31-21(26(36)33(25)27)14-23(34)29-16-7-3-2-4-8-16/h5-6,9-13,16,21H,2-4,7-8,14-15H2,1H3,(H,29,34)(H,30,35). The van der Waals surface area contributed by atoms with Crippen LogP contribution in [0.4, 0.5) is 11.4 Å².